The molecule has 0 fully saturated rings. The summed E-state index contributed by atoms with van der Waals surface area (Å²) in [5.74, 6) is -0.0297. The van der Waals surface area contributed by atoms with Crippen LogP contribution in [0.5, 0.6) is 0 Å². The summed E-state index contributed by atoms with van der Waals surface area (Å²) < 4.78 is 35.1. The lowest BCUT2D eigenvalue weighted by atomic mass is 9.72. The number of benzene rings is 2. The highest BCUT2D eigenvalue weighted by Crippen LogP contribution is 2.45. The van der Waals surface area contributed by atoms with Gasteiger partial charge < -0.3 is 4.74 Å². The zero-order chi connectivity index (χ0) is 24.0. The van der Waals surface area contributed by atoms with Gasteiger partial charge in [0, 0.05) is 15.3 Å². The van der Waals surface area contributed by atoms with Gasteiger partial charge in [0.05, 0.1) is 17.1 Å². The number of hydrogen-bond donors (Lipinski definition) is 1. The quantitative estimate of drug-likeness (QED) is 0.392. The van der Waals surface area contributed by atoms with Crippen LogP contribution in [0.25, 0.3) is 10.8 Å². The molecule has 0 amide bonds. The molecule has 1 aliphatic rings. The first kappa shape index (κ1) is 24.0. The normalized spacial score (nSPS) is 16.5. The summed E-state index contributed by atoms with van der Waals surface area (Å²) in [5, 5.41) is 1.87. The van der Waals surface area contributed by atoms with Crippen molar-refractivity contribution in [1.29, 1.82) is 0 Å². The highest BCUT2D eigenvalue weighted by atomic mass is 35.5. The van der Waals surface area contributed by atoms with Gasteiger partial charge in [0.25, 0.3) is 10.0 Å². The molecule has 1 aliphatic carbocycles. The number of thiophene rings is 1. The Morgan fingerprint density at radius 1 is 1.21 bits per heavy atom. The van der Waals surface area contributed by atoms with Crippen molar-refractivity contribution < 1.29 is 17.9 Å². The van der Waals surface area contributed by atoms with Crippen LogP contribution >= 0.6 is 22.9 Å². The number of sulfonamides is 1. The maximum atomic E-state index is 13.5. The molecule has 1 N–H and O–H groups in total. The maximum Gasteiger partial charge on any atom is 0.341 e. The maximum absolute atomic E-state index is 13.5. The Bertz CT molecular complexity index is 1320. The first-order valence-corrected chi connectivity index (χ1v) is 13.7. The minimum Gasteiger partial charge on any atom is -0.462 e. The standard InChI is InChI=1S/C25H28ClNO4S2/c1-5-31-24(28)22-17-13-12-16(25(2,3)4)14-19(17)32-23(22)27-33(29,30)20-11-7-9-15-8-6-10-18(26)21(15)20/h6-11,16,27H,5,12-14H2,1-4H3/t16-/m0/s1. The monoisotopic (exact) mass is 505 g/mol. The minimum atomic E-state index is -4.01. The van der Waals surface area contributed by atoms with Crippen LogP contribution in [0.15, 0.2) is 41.3 Å². The topological polar surface area (TPSA) is 72.5 Å². The zero-order valence-electron chi connectivity index (χ0n) is 19.2. The number of hydrogen-bond acceptors (Lipinski definition) is 5. The van der Waals surface area contributed by atoms with Crippen molar-refractivity contribution in [2.45, 2.75) is 51.9 Å². The van der Waals surface area contributed by atoms with E-state index in [-0.39, 0.29) is 16.9 Å². The lowest BCUT2D eigenvalue weighted by Crippen LogP contribution is -2.26. The Labute approximate surface area is 204 Å². The molecule has 0 spiro atoms. The second-order valence-electron chi connectivity index (χ2n) is 9.43. The number of carbonyl (C=O) groups excluding carboxylic acids is 1. The van der Waals surface area contributed by atoms with Crippen molar-refractivity contribution in [3.8, 4) is 0 Å². The summed E-state index contributed by atoms with van der Waals surface area (Å²) in [4.78, 5) is 14.0. The Balaban J connectivity index is 1.80. The Kier molecular flexibility index (Phi) is 6.51. The molecule has 4 rings (SSSR count). The number of fused-ring (bicyclic) bond motifs is 2. The number of halogens is 1. The predicted octanol–water partition coefficient (Wildman–Crippen LogP) is 6.68. The Morgan fingerprint density at radius 3 is 2.58 bits per heavy atom. The van der Waals surface area contributed by atoms with Gasteiger partial charge in [0.15, 0.2) is 0 Å². The summed E-state index contributed by atoms with van der Waals surface area (Å²) in [7, 11) is -4.01. The van der Waals surface area contributed by atoms with Gasteiger partial charge >= 0.3 is 5.97 Å². The molecule has 2 aromatic carbocycles. The van der Waals surface area contributed by atoms with E-state index in [1.165, 1.54) is 17.4 Å². The molecule has 0 saturated heterocycles. The van der Waals surface area contributed by atoms with E-state index in [0.717, 1.165) is 35.1 Å². The molecule has 5 nitrogen and oxygen atoms in total. The lowest BCUT2D eigenvalue weighted by Gasteiger charge is -2.33. The Hall–Kier alpha value is -2.09. The van der Waals surface area contributed by atoms with Gasteiger partial charge in [-0.05, 0) is 60.6 Å². The smallest absolute Gasteiger partial charge is 0.341 e. The van der Waals surface area contributed by atoms with E-state index < -0.39 is 16.0 Å². The fraction of sp³-hybridized carbons (Fsp3) is 0.400. The van der Waals surface area contributed by atoms with Crippen molar-refractivity contribution >= 4 is 54.7 Å². The largest absolute Gasteiger partial charge is 0.462 e. The van der Waals surface area contributed by atoms with E-state index in [9.17, 15) is 13.2 Å². The van der Waals surface area contributed by atoms with Crippen LogP contribution in [0.3, 0.4) is 0 Å². The molecule has 8 heteroatoms. The summed E-state index contributed by atoms with van der Waals surface area (Å²) in [6, 6.07) is 10.3. The van der Waals surface area contributed by atoms with Crippen LogP contribution < -0.4 is 4.72 Å². The van der Waals surface area contributed by atoms with Crippen molar-refractivity contribution in [2.75, 3.05) is 11.3 Å². The van der Waals surface area contributed by atoms with Crippen LogP contribution in [0.1, 0.15) is 54.9 Å². The third-order valence-electron chi connectivity index (χ3n) is 6.30. The SMILES string of the molecule is CCOC(=O)c1c(NS(=O)(=O)c2cccc3cccc(Cl)c23)sc2c1CC[C@H](C(C)(C)C)C2. The van der Waals surface area contributed by atoms with E-state index >= 15 is 0 Å². The molecule has 1 atom stereocenters. The molecular weight excluding hydrogens is 478 g/mol. The van der Waals surface area contributed by atoms with E-state index in [2.05, 4.69) is 25.5 Å². The highest BCUT2D eigenvalue weighted by molar-refractivity contribution is 7.93. The van der Waals surface area contributed by atoms with Gasteiger partial charge in [-0.15, -0.1) is 11.3 Å². The van der Waals surface area contributed by atoms with Gasteiger partial charge in [0.1, 0.15) is 5.00 Å². The predicted molar refractivity (Wildman–Crippen MR) is 135 cm³/mol. The second kappa shape index (κ2) is 8.93. The Morgan fingerprint density at radius 2 is 1.91 bits per heavy atom. The summed E-state index contributed by atoms with van der Waals surface area (Å²) in [5.41, 5.74) is 1.39. The van der Waals surface area contributed by atoms with Crippen molar-refractivity contribution in [3.63, 3.8) is 0 Å². The number of carbonyl (C=O) groups is 1. The first-order chi connectivity index (χ1) is 15.5. The van der Waals surface area contributed by atoms with Crippen LogP contribution in [-0.4, -0.2) is 21.0 Å². The zero-order valence-corrected chi connectivity index (χ0v) is 21.6. The van der Waals surface area contributed by atoms with Crippen LogP contribution in [0, 0.1) is 11.3 Å². The number of anilines is 1. The third-order valence-corrected chi connectivity index (χ3v) is 9.31. The number of esters is 1. The van der Waals surface area contributed by atoms with Crippen LogP contribution in [0.4, 0.5) is 5.00 Å². The summed E-state index contributed by atoms with van der Waals surface area (Å²) >= 11 is 7.71. The van der Waals surface area contributed by atoms with Crippen molar-refractivity contribution in [1.82, 2.24) is 0 Å². The van der Waals surface area contributed by atoms with E-state index in [1.54, 1.807) is 25.1 Å². The molecule has 0 bridgehead atoms. The van der Waals surface area contributed by atoms with Gasteiger partial charge in [-0.25, -0.2) is 13.2 Å². The number of nitrogens with one attached hydrogen (secondary N) is 1. The molecule has 0 saturated carbocycles. The fourth-order valence-electron chi connectivity index (χ4n) is 4.48. The molecule has 176 valence electrons. The number of rotatable bonds is 5. The molecule has 1 aromatic heterocycles. The lowest BCUT2D eigenvalue weighted by molar-refractivity contribution is 0.0526. The van der Waals surface area contributed by atoms with Crippen LogP contribution in [0.2, 0.25) is 5.02 Å². The average molecular weight is 506 g/mol. The van der Waals surface area contributed by atoms with E-state index in [0.29, 0.717) is 26.9 Å². The molecule has 0 aliphatic heterocycles. The van der Waals surface area contributed by atoms with E-state index in [4.69, 9.17) is 16.3 Å². The molecule has 33 heavy (non-hydrogen) atoms. The second-order valence-corrected chi connectivity index (χ2v) is 12.6. The van der Waals surface area contributed by atoms with E-state index in [1.807, 2.05) is 12.1 Å². The molecule has 1 heterocycles. The minimum absolute atomic E-state index is 0.0827. The summed E-state index contributed by atoms with van der Waals surface area (Å²) in [6.45, 7) is 8.62. The molecule has 0 unspecified atom stereocenters. The van der Waals surface area contributed by atoms with Gasteiger partial charge in [0.2, 0.25) is 0 Å². The first-order valence-electron chi connectivity index (χ1n) is 11.0. The molecular formula is C25H28ClNO4S2. The van der Waals surface area contributed by atoms with Gasteiger partial charge in [-0.2, -0.15) is 0 Å². The van der Waals surface area contributed by atoms with Crippen molar-refractivity contribution in [2.24, 2.45) is 11.3 Å². The highest BCUT2D eigenvalue weighted by Gasteiger charge is 2.35. The summed E-state index contributed by atoms with van der Waals surface area (Å²) in [6.07, 6.45) is 2.49. The fourth-order valence-corrected chi connectivity index (χ4v) is 7.69. The van der Waals surface area contributed by atoms with Gasteiger partial charge in [-0.1, -0.05) is 56.6 Å². The average Bonchev–Trinajstić information content (AvgIpc) is 3.09. The third kappa shape index (κ3) is 4.63. The molecule has 0 radical (unpaired) electrons. The number of ether oxygens (including phenoxy) is 1. The van der Waals surface area contributed by atoms with Crippen molar-refractivity contribution in [3.05, 3.63) is 57.4 Å². The van der Waals surface area contributed by atoms with Gasteiger partial charge in [-0.3, -0.25) is 4.72 Å². The molecule has 3 aromatic rings. The van der Waals surface area contributed by atoms with Crippen LogP contribution in [-0.2, 0) is 27.6 Å².